The number of hydrogen-bond acceptors (Lipinski definition) is 2. The zero-order valence-electron chi connectivity index (χ0n) is 11.5. The normalized spacial score (nSPS) is 20.5. The molecule has 0 spiro atoms. The molecule has 1 aliphatic rings. The van der Waals surface area contributed by atoms with Crippen molar-refractivity contribution < 1.29 is 27.2 Å². The first-order chi connectivity index (χ1) is 11.2. The van der Waals surface area contributed by atoms with Crippen molar-refractivity contribution in [2.45, 2.75) is 11.5 Å². The number of imide groups is 1. The Hall–Kier alpha value is -2.06. The maximum atomic E-state index is 13.8. The Labute approximate surface area is 143 Å². The number of amides is 3. The summed E-state index contributed by atoms with van der Waals surface area (Å²) in [6.45, 7) is 0. The number of carbonyl (C=O) groups excluding carboxylic acids is 2. The Morgan fingerprint density at radius 3 is 2.29 bits per heavy atom. The lowest BCUT2D eigenvalue weighted by atomic mass is 10.1. The fourth-order valence-corrected chi connectivity index (χ4v) is 2.39. The van der Waals surface area contributed by atoms with E-state index in [2.05, 4.69) is 0 Å². The smallest absolute Gasteiger partial charge is 0.308 e. The lowest BCUT2D eigenvalue weighted by Gasteiger charge is -2.22. The standard InChI is InChI=1S/C14H8Cl2F4N2O2/c15-5-4-8(12(20)10(16)11(5)19)21-14(24)22-13(23)9-6(17)2-1-3-7(9)18/h1-4,10,12H,(H2,21,22,23,24). The van der Waals surface area contributed by atoms with Crippen LogP contribution in [-0.4, -0.2) is 23.5 Å². The maximum absolute atomic E-state index is 13.8. The SMILES string of the molecule is O=C(NC(=O)c1c(F)cccc1F)NC1=CC(Cl)=C(F)C(Cl)C1F. The highest BCUT2D eigenvalue weighted by Crippen LogP contribution is 2.32. The minimum absolute atomic E-state index is 0.513. The van der Waals surface area contributed by atoms with Gasteiger partial charge in [0.05, 0.1) is 10.7 Å². The van der Waals surface area contributed by atoms with Crippen LogP contribution in [0, 0.1) is 11.6 Å². The largest absolute Gasteiger partial charge is 0.326 e. The Bertz CT molecular complexity index is 747. The number of carbonyl (C=O) groups is 2. The van der Waals surface area contributed by atoms with E-state index in [0.29, 0.717) is 0 Å². The number of halogens is 6. The Morgan fingerprint density at radius 1 is 1.12 bits per heavy atom. The molecule has 4 nitrogen and oxygen atoms in total. The summed E-state index contributed by atoms with van der Waals surface area (Å²) in [4.78, 5) is 23.4. The fraction of sp³-hybridized carbons (Fsp3) is 0.143. The van der Waals surface area contributed by atoms with Crippen LogP contribution in [-0.2, 0) is 0 Å². The van der Waals surface area contributed by atoms with Crippen LogP contribution in [0.5, 0.6) is 0 Å². The van der Waals surface area contributed by atoms with Gasteiger partial charge in [-0.1, -0.05) is 17.7 Å². The van der Waals surface area contributed by atoms with Gasteiger partial charge >= 0.3 is 6.03 Å². The highest BCUT2D eigenvalue weighted by molar-refractivity contribution is 6.33. The summed E-state index contributed by atoms with van der Waals surface area (Å²) in [6.07, 6.45) is -1.37. The summed E-state index contributed by atoms with van der Waals surface area (Å²) in [7, 11) is 0. The van der Waals surface area contributed by atoms with E-state index in [1.807, 2.05) is 5.32 Å². The molecule has 2 atom stereocenters. The van der Waals surface area contributed by atoms with E-state index in [9.17, 15) is 27.2 Å². The molecule has 2 unspecified atom stereocenters. The molecule has 1 aromatic carbocycles. The molecule has 0 aliphatic heterocycles. The van der Waals surface area contributed by atoms with E-state index in [1.165, 1.54) is 0 Å². The van der Waals surface area contributed by atoms with Gasteiger partial charge in [-0.3, -0.25) is 10.1 Å². The van der Waals surface area contributed by atoms with E-state index >= 15 is 0 Å². The van der Waals surface area contributed by atoms with E-state index in [1.54, 1.807) is 5.32 Å². The number of hydrogen-bond donors (Lipinski definition) is 2. The molecule has 24 heavy (non-hydrogen) atoms. The van der Waals surface area contributed by atoms with Gasteiger partial charge in [-0.05, 0) is 18.2 Å². The van der Waals surface area contributed by atoms with Crippen molar-refractivity contribution in [2.75, 3.05) is 0 Å². The third-order valence-corrected chi connectivity index (χ3v) is 3.68. The van der Waals surface area contributed by atoms with Crippen molar-refractivity contribution in [3.05, 3.63) is 58.0 Å². The number of allylic oxidation sites excluding steroid dienone is 4. The number of alkyl halides is 2. The molecular formula is C14H8Cl2F4N2O2. The molecule has 0 heterocycles. The Kier molecular flexibility index (Phi) is 5.51. The summed E-state index contributed by atoms with van der Waals surface area (Å²) in [6, 6.07) is 1.38. The van der Waals surface area contributed by atoms with Gasteiger partial charge in [0.2, 0.25) is 0 Å². The van der Waals surface area contributed by atoms with Crippen molar-refractivity contribution in [1.29, 1.82) is 0 Å². The fourth-order valence-electron chi connectivity index (χ4n) is 1.85. The summed E-state index contributed by atoms with van der Waals surface area (Å²) < 4.78 is 54.0. The Morgan fingerprint density at radius 2 is 1.71 bits per heavy atom. The quantitative estimate of drug-likeness (QED) is 0.605. The molecule has 0 radical (unpaired) electrons. The molecule has 0 bridgehead atoms. The van der Waals surface area contributed by atoms with Gasteiger partial charge in [0.25, 0.3) is 5.91 Å². The van der Waals surface area contributed by atoms with Crippen molar-refractivity contribution in [3.8, 4) is 0 Å². The average molecular weight is 383 g/mol. The third kappa shape index (κ3) is 3.70. The first-order valence-electron chi connectivity index (χ1n) is 6.33. The molecule has 2 rings (SSSR count). The van der Waals surface area contributed by atoms with Gasteiger partial charge in [-0.25, -0.2) is 22.4 Å². The highest BCUT2D eigenvalue weighted by Gasteiger charge is 2.33. The van der Waals surface area contributed by atoms with Gasteiger partial charge in [0.15, 0.2) is 6.17 Å². The van der Waals surface area contributed by atoms with Gasteiger partial charge < -0.3 is 5.32 Å². The molecule has 0 saturated carbocycles. The van der Waals surface area contributed by atoms with E-state index in [4.69, 9.17) is 23.2 Å². The lowest BCUT2D eigenvalue weighted by molar-refractivity contribution is 0.0956. The van der Waals surface area contributed by atoms with Gasteiger partial charge in [0.1, 0.15) is 28.4 Å². The van der Waals surface area contributed by atoms with Crippen molar-refractivity contribution in [1.82, 2.24) is 10.6 Å². The molecular weight excluding hydrogens is 375 g/mol. The summed E-state index contributed by atoms with van der Waals surface area (Å²) >= 11 is 11.0. The zero-order valence-corrected chi connectivity index (χ0v) is 13.1. The monoisotopic (exact) mass is 382 g/mol. The van der Waals surface area contributed by atoms with Crippen molar-refractivity contribution in [3.63, 3.8) is 0 Å². The van der Waals surface area contributed by atoms with E-state index in [0.717, 1.165) is 24.3 Å². The summed E-state index contributed by atoms with van der Waals surface area (Å²) in [5, 5.41) is 1.23. The first kappa shape index (κ1) is 18.3. The molecule has 0 saturated heterocycles. The first-order valence-corrected chi connectivity index (χ1v) is 7.15. The molecule has 128 valence electrons. The predicted molar refractivity (Wildman–Crippen MR) is 79.0 cm³/mol. The average Bonchev–Trinajstić information content (AvgIpc) is 2.50. The number of rotatable bonds is 2. The zero-order chi connectivity index (χ0) is 18.0. The van der Waals surface area contributed by atoms with Crippen molar-refractivity contribution in [2.24, 2.45) is 0 Å². The van der Waals surface area contributed by atoms with Crippen LogP contribution in [0.15, 0.2) is 40.8 Å². The van der Waals surface area contributed by atoms with Crippen LogP contribution in [0.25, 0.3) is 0 Å². The molecule has 1 aromatic rings. The second kappa shape index (κ2) is 7.23. The highest BCUT2D eigenvalue weighted by atomic mass is 35.5. The maximum Gasteiger partial charge on any atom is 0.326 e. The molecule has 3 amide bonds. The van der Waals surface area contributed by atoms with E-state index in [-0.39, 0.29) is 0 Å². The number of urea groups is 1. The van der Waals surface area contributed by atoms with Gasteiger partial charge in [-0.2, -0.15) is 0 Å². The second-order valence-electron chi connectivity index (χ2n) is 4.60. The minimum atomic E-state index is -2.14. The van der Waals surface area contributed by atoms with Crippen LogP contribution in [0.3, 0.4) is 0 Å². The third-order valence-electron chi connectivity index (χ3n) is 2.98. The molecule has 1 aliphatic carbocycles. The lowest BCUT2D eigenvalue weighted by Crippen LogP contribution is -2.43. The number of nitrogens with one attached hydrogen (secondary N) is 2. The Balaban J connectivity index is 2.11. The molecule has 0 aromatic heterocycles. The topological polar surface area (TPSA) is 58.2 Å². The second-order valence-corrected chi connectivity index (χ2v) is 5.48. The van der Waals surface area contributed by atoms with Gasteiger partial charge in [-0.15, -0.1) is 11.6 Å². The van der Waals surface area contributed by atoms with Crippen LogP contribution in [0.1, 0.15) is 10.4 Å². The number of benzene rings is 1. The van der Waals surface area contributed by atoms with Crippen molar-refractivity contribution >= 4 is 35.1 Å². The van der Waals surface area contributed by atoms with Gasteiger partial charge in [0, 0.05) is 0 Å². The van der Waals surface area contributed by atoms with Crippen LogP contribution < -0.4 is 10.6 Å². The predicted octanol–water partition coefficient (Wildman–Crippen LogP) is 3.67. The molecule has 2 N–H and O–H groups in total. The minimum Gasteiger partial charge on any atom is -0.308 e. The van der Waals surface area contributed by atoms with Crippen LogP contribution in [0.4, 0.5) is 22.4 Å². The molecule has 10 heteroatoms. The van der Waals surface area contributed by atoms with Crippen LogP contribution in [0.2, 0.25) is 0 Å². The molecule has 0 fully saturated rings. The van der Waals surface area contributed by atoms with E-state index < -0.39 is 57.2 Å². The van der Waals surface area contributed by atoms with Crippen LogP contribution >= 0.6 is 23.2 Å². The summed E-state index contributed by atoms with van der Waals surface area (Å²) in [5.41, 5.74) is -1.50. The summed E-state index contributed by atoms with van der Waals surface area (Å²) in [5.74, 6) is -4.87.